The van der Waals surface area contributed by atoms with Crippen molar-refractivity contribution in [1.82, 2.24) is 10.6 Å². The molecule has 2 amide bonds. The van der Waals surface area contributed by atoms with E-state index in [2.05, 4.69) is 10.6 Å². The Labute approximate surface area is 224 Å². The van der Waals surface area contributed by atoms with Gasteiger partial charge in [-0.1, -0.05) is 87.1 Å². The maximum atomic E-state index is 13.4. The van der Waals surface area contributed by atoms with Gasteiger partial charge in [0.2, 0.25) is 5.91 Å². The van der Waals surface area contributed by atoms with Gasteiger partial charge in [-0.2, -0.15) is 0 Å². The quantitative estimate of drug-likeness (QED) is 0.329. The van der Waals surface area contributed by atoms with E-state index in [-0.39, 0.29) is 23.6 Å². The summed E-state index contributed by atoms with van der Waals surface area (Å²) in [7, 11) is 0. The third-order valence-electron chi connectivity index (χ3n) is 7.61. The van der Waals surface area contributed by atoms with Crippen molar-refractivity contribution in [2.45, 2.75) is 89.1 Å². The molecule has 0 aromatic heterocycles. The summed E-state index contributed by atoms with van der Waals surface area (Å²) in [5.41, 5.74) is 1.51. The Hall–Kier alpha value is -2.24. The van der Waals surface area contributed by atoms with Crippen molar-refractivity contribution in [2.24, 2.45) is 5.92 Å². The van der Waals surface area contributed by atoms with Crippen LogP contribution in [0.15, 0.2) is 36.4 Å². The second kappa shape index (κ2) is 12.8. The average Bonchev–Trinajstić information content (AvgIpc) is 3.15. The Morgan fingerprint density at radius 1 is 0.861 bits per heavy atom. The molecule has 7 heteroatoms. The van der Waals surface area contributed by atoms with Crippen LogP contribution in [0.1, 0.15) is 87.4 Å². The molecule has 0 aliphatic heterocycles. The number of rotatable bonds is 7. The molecule has 2 aromatic rings. The van der Waals surface area contributed by atoms with E-state index in [1.165, 1.54) is 38.2 Å². The summed E-state index contributed by atoms with van der Waals surface area (Å²) in [6, 6.07) is 9.37. The highest BCUT2D eigenvalue weighted by Crippen LogP contribution is 2.34. The predicted molar refractivity (Wildman–Crippen MR) is 146 cm³/mol. The highest BCUT2D eigenvalue weighted by Gasteiger charge is 2.28. The van der Waals surface area contributed by atoms with Crippen molar-refractivity contribution >= 4 is 35.0 Å². The van der Waals surface area contributed by atoms with Crippen molar-refractivity contribution in [2.75, 3.05) is 0 Å². The number of nitrogens with one attached hydrogen (secondary N) is 2. The molecule has 0 radical (unpaired) electrons. The molecule has 3 N–H and O–H groups in total. The SMILES string of the molecule is O=C(N[C@@H](CC1CCCCC1)C(=O)NC1CCCCCC1)c1ccc(O)c(-c2ccc(Cl)c(Cl)c2)c1. The van der Waals surface area contributed by atoms with Crippen LogP contribution >= 0.6 is 23.2 Å². The van der Waals surface area contributed by atoms with Gasteiger partial charge < -0.3 is 15.7 Å². The summed E-state index contributed by atoms with van der Waals surface area (Å²) in [5, 5.41) is 17.5. The van der Waals surface area contributed by atoms with Gasteiger partial charge in [-0.15, -0.1) is 0 Å². The highest BCUT2D eigenvalue weighted by atomic mass is 35.5. The third-order valence-corrected chi connectivity index (χ3v) is 8.35. The number of carbonyl (C=O) groups is 2. The van der Waals surface area contributed by atoms with Gasteiger partial charge in [0.15, 0.2) is 0 Å². The normalized spacial score (nSPS) is 18.3. The van der Waals surface area contributed by atoms with Crippen LogP contribution < -0.4 is 10.6 Å². The van der Waals surface area contributed by atoms with E-state index < -0.39 is 6.04 Å². The lowest BCUT2D eigenvalue weighted by atomic mass is 9.84. The molecule has 0 heterocycles. The Balaban J connectivity index is 1.51. The van der Waals surface area contributed by atoms with Gasteiger partial charge in [0.05, 0.1) is 10.0 Å². The molecule has 4 rings (SSSR count). The van der Waals surface area contributed by atoms with E-state index in [4.69, 9.17) is 23.2 Å². The number of benzene rings is 2. The van der Waals surface area contributed by atoms with Crippen LogP contribution in [0.2, 0.25) is 10.0 Å². The lowest BCUT2D eigenvalue weighted by Crippen LogP contribution is -2.50. The smallest absolute Gasteiger partial charge is 0.251 e. The Bertz CT molecular complexity index is 1060. The molecule has 2 aliphatic carbocycles. The van der Waals surface area contributed by atoms with Gasteiger partial charge in [0.1, 0.15) is 11.8 Å². The first-order chi connectivity index (χ1) is 17.4. The number of hydrogen-bond acceptors (Lipinski definition) is 3. The largest absolute Gasteiger partial charge is 0.507 e. The molecule has 2 saturated carbocycles. The van der Waals surface area contributed by atoms with E-state index in [1.807, 2.05) is 0 Å². The molecule has 2 fully saturated rings. The zero-order valence-electron chi connectivity index (χ0n) is 20.7. The van der Waals surface area contributed by atoms with Crippen LogP contribution in [0, 0.1) is 5.92 Å². The first kappa shape index (κ1) is 26.8. The third kappa shape index (κ3) is 7.17. The van der Waals surface area contributed by atoms with Crippen molar-refractivity contribution in [3.8, 4) is 16.9 Å². The van der Waals surface area contributed by atoms with E-state index in [0.29, 0.717) is 39.1 Å². The van der Waals surface area contributed by atoms with Crippen molar-refractivity contribution in [3.63, 3.8) is 0 Å². The fourth-order valence-electron chi connectivity index (χ4n) is 5.53. The molecule has 0 saturated heterocycles. The number of amides is 2. The lowest BCUT2D eigenvalue weighted by molar-refractivity contribution is -0.124. The fraction of sp³-hybridized carbons (Fsp3) is 0.517. The van der Waals surface area contributed by atoms with Crippen LogP contribution in [0.4, 0.5) is 0 Å². The van der Waals surface area contributed by atoms with Crippen LogP contribution in [-0.2, 0) is 4.79 Å². The minimum absolute atomic E-state index is 0.0369. The van der Waals surface area contributed by atoms with E-state index in [1.54, 1.807) is 30.3 Å². The van der Waals surface area contributed by atoms with Gasteiger partial charge in [0.25, 0.3) is 5.91 Å². The predicted octanol–water partition coefficient (Wildman–Crippen LogP) is 7.27. The summed E-state index contributed by atoms with van der Waals surface area (Å²) in [6.45, 7) is 0. The summed E-state index contributed by atoms with van der Waals surface area (Å²) in [4.78, 5) is 26.7. The Morgan fingerprint density at radius 3 is 2.22 bits per heavy atom. The summed E-state index contributed by atoms with van der Waals surface area (Å²) in [5.74, 6) is 0.0720. The summed E-state index contributed by atoms with van der Waals surface area (Å²) < 4.78 is 0. The molecular formula is C29H36Cl2N2O3. The van der Waals surface area contributed by atoms with Gasteiger partial charge in [-0.05, 0) is 61.1 Å². The summed E-state index contributed by atoms with van der Waals surface area (Å²) in [6.07, 6.45) is 13.2. The standard InChI is InChI=1S/C29H36Cl2N2O3/c30-24-14-12-20(18-25(24)31)23-17-21(13-15-27(23)34)28(35)33-26(16-19-8-4-3-5-9-19)29(36)32-22-10-6-1-2-7-11-22/h12-15,17-19,22,26,34H,1-11,16H2,(H,32,36)(H,33,35)/t26-/m0/s1. The second-order valence-corrected chi connectivity index (χ2v) is 11.1. The molecule has 0 unspecified atom stereocenters. The Morgan fingerprint density at radius 2 is 1.53 bits per heavy atom. The van der Waals surface area contributed by atoms with E-state index in [9.17, 15) is 14.7 Å². The number of halogens is 2. The van der Waals surface area contributed by atoms with Crippen LogP contribution in [-0.4, -0.2) is 29.0 Å². The number of hydrogen-bond donors (Lipinski definition) is 3. The van der Waals surface area contributed by atoms with Crippen LogP contribution in [0.3, 0.4) is 0 Å². The molecule has 194 valence electrons. The maximum Gasteiger partial charge on any atom is 0.251 e. The molecule has 0 bridgehead atoms. The minimum atomic E-state index is -0.578. The van der Waals surface area contributed by atoms with E-state index >= 15 is 0 Å². The maximum absolute atomic E-state index is 13.4. The van der Waals surface area contributed by atoms with Crippen LogP contribution in [0.5, 0.6) is 5.75 Å². The molecule has 36 heavy (non-hydrogen) atoms. The monoisotopic (exact) mass is 530 g/mol. The van der Waals surface area contributed by atoms with Crippen molar-refractivity contribution < 1.29 is 14.7 Å². The number of carbonyl (C=O) groups excluding carboxylic acids is 2. The highest BCUT2D eigenvalue weighted by molar-refractivity contribution is 6.42. The summed E-state index contributed by atoms with van der Waals surface area (Å²) >= 11 is 12.2. The van der Waals surface area contributed by atoms with E-state index in [0.717, 1.165) is 38.5 Å². The van der Waals surface area contributed by atoms with Crippen molar-refractivity contribution in [3.05, 3.63) is 52.0 Å². The van der Waals surface area contributed by atoms with Gasteiger partial charge in [-0.3, -0.25) is 9.59 Å². The molecule has 5 nitrogen and oxygen atoms in total. The average molecular weight is 532 g/mol. The topological polar surface area (TPSA) is 78.4 Å². The van der Waals surface area contributed by atoms with Crippen molar-refractivity contribution in [1.29, 1.82) is 0 Å². The zero-order chi connectivity index (χ0) is 25.5. The molecular weight excluding hydrogens is 495 g/mol. The number of phenolic OH excluding ortho intramolecular Hbond substituents is 1. The van der Waals surface area contributed by atoms with Crippen LogP contribution in [0.25, 0.3) is 11.1 Å². The lowest BCUT2D eigenvalue weighted by Gasteiger charge is -2.28. The molecule has 2 aliphatic rings. The first-order valence-corrected chi connectivity index (χ1v) is 14.1. The number of phenols is 1. The molecule has 2 aromatic carbocycles. The van der Waals surface area contributed by atoms with Gasteiger partial charge in [-0.25, -0.2) is 0 Å². The van der Waals surface area contributed by atoms with Gasteiger partial charge in [0, 0.05) is 17.2 Å². The molecule has 1 atom stereocenters. The zero-order valence-corrected chi connectivity index (χ0v) is 22.2. The Kier molecular flexibility index (Phi) is 9.55. The molecule has 0 spiro atoms. The van der Waals surface area contributed by atoms with Gasteiger partial charge >= 0.3 is 0 Å². The second-order valence-electron chi connectivity index (χ2n) is 10.3. The number of aromatic hydroxyl groups is 1. The fourth-order valence-corrected chi connectivity index (χ4v) is 5.82. The minimum Gasteiger partial charge on any atom is -0.507 e. The first-order valence-electron chi connectivity index (χ1n) is 13.3.